The second-order valence-corrected chi connectivity index (χ2v) is 6.11. The van der Waals surface area contributed by atoms with E-state index >= 15 is 0 Å². The Morgan fingerprint density at radius 3 is 2.00 bits per heavy atom. The Labute approximate surface area is 156 Å². The van der Waals surface area contributed by atoms with Crippen LogP contribution < -0.4 is 11.1 Å². The van der Waals surface area contributed by atoms with Gasteiger partial charge in [0.25, 0.3) is 11.6 Å². The summed E-state index contributed by atoms with van der Waals surface area (Å²) in [7, 11) is 0. The third-order valence-corrected chi connectivity index (χ3v) is 4.36. The van der Waals surface area contributed by atoms with E-state index < -0.39 is 4.92 Å². The molecule has 1 amide bonds. The lowest BCUT2D eigenvalue weighted by Gasteiger charge is -2.19. The monoisotopic (exact) mass is 361 g/mol. The van der Waals surface area contributed by atoms with Gasteiger partial charge in [0.2, 0.25) is 0 Å². The van der Waals surface area contributed by atoms with Crippen LogP contribution >= 0.6 is 0 Å². The van der Waals surface area contributed by atoms with Crippen molar-refractivity contribution in [2.75, 3.05) is 12.3 Å². The number of rotatable bonds is 6. The molecule has 136 valence electrons. The standard InChI is InChI=1S/C21H19N3O3/c22-20-13-17(24(26)27)11-12-18(20)21(25)23-14-19(15-7-3-1-4-8-15)16-9-5-2-6-10-16/h1-13,19H,14,22H2,(H,23,25). The second kappa shape index (κ2) is 8.14. The fourth-order valence-corrected chi connectivity index (χ4v) is 2.96. The molecular weight excluding hydrogens is 342 g/mol. The van der Waals surface area contributed by atoms with Crippen LogP contribution in [0.2, 0.25) is 0 Å². The zero-order valence-electron chi connectivity index (χ0n) is 14.5. The number of nitro benzene ring substituents is 1. The van der Waals surface area contributed by atoms with E-state index in [1.807, 2.05) is 60.7 Å². The van der Waals surface area contributed by atoms with Crippen molar-refractivity contribution in [3.8, 4) is 0 Å². The van der Waals surface area contributed by atoms with E-state index in [-0.39, 0.29) is 28.8 Å². The highest BCUT2D eigenvalue weighted by Gasteiger charge is 2.18. The van der Waals surface area contributed by atoms with Crippen LogP contribution in [0.15, 0.2) is 78.9 Å². The van der Waals surface area contributed by atoms with Gasteiger partial charge in [0.05, 0.1) is 16.2 Å². The smallest absolute Gasteiger partial charge is 0.271 e. The molecule has 3 aromatic carbocycles. The average molecular weight is 361 g/mol. The summed E-state index contributed by atoms with van der Waals surface area (Å²) in [6.07, 6.45) is 0. The molecule has 3 rings (SSSR count). The first-order valence-corrected chi connectivity index (χ1v) is 8.48. The molecule has 3 N–H and O–H groups in total. The summed E-state index contributed by atoms with van der Waals surface area (Å²) in [5.41, 5.74) is 8.15. The normalized spacial score (nSPS) is 10.6. The number of hydrogen-bond acceptors (Lipinski definition) is 4. The Hall–Kier alpha value is -3.67. The summed E-state index contributed by atoms with van der Waals surface area (Å²) in [5, 5.41) is 13.7. The molecule has 0 aromatic heterocycles. The molecule has 0 saturated carbocycles. The van der Waals surface area contributed by atoms with Gasteiger partial charge in [-0.2, -0.15) is 0 Å². The topological polar surface area (TPSA) is 98.3 Å². The molecule has 0 fully saturated rings. The number of benzene rings is 3. The molecule has 3 aromatic rings. The molecule has 0 unspecified atom stereocenters. The lowest BCUT2D eigenvalue weighted by molar-refractivity contribution is -0.384. The fraction of sp³-hybridized carbons (Fsp3) is 0.0952. The molecule has 0 saturated heterocycles. The van der Waals surface area contributed by atoms with Gasteiger partial charge in [-0.1, -0.05) is 60.7 Å². The molecule has 0 aliphatic heterocycles. The van der Waals surface area contributed by atoms with E-state index in [2.05, 4.69) is 5.32 Å². The molecule has 0 aliphatic carbocycles. The quantitative estimate of drug-likeness (QED) is 0.397. The maximum Gasteiger partial charge on any atom is 0.271 e. The molecule has 0 bridgehead atoms. The highest BCUT2D eigenvalue weighted by Crippen LogP contribution is 2.24. The number of nitrogens with zero attached hydrogens (tertiary/aromatic N) is 1. The third-order valence-electron chi connectivity index (χ3n) is 4.36. The number of nitrogens with one attached hydrogen (secondary N) is 1. The number of carbonyl (C=O) groups excluding carboxylic acids is 1. The first-order valence-electron chi connectivity index (χ1n) is 8.48. The summed E-state index contributed by atoms with van der Waals surface area (Å²) in [4.78, 5) is 22.8. The predicted octanol–water partition coefficient (Wildman–Crippen LogP) is 3.74. The van der Waals surface area contributed by atoms with Gasteiger partial charge in [0.1, 0.15) is 0 Å². The van der Waals surface area contributed by atoms with Gasteiger partial charge in [0.15, 0.2) is 0 Å². The molecule has 6 heteroatoms. The summed E-state index contributed by atoms with van der Waals surface area (Å²) >= 11 is 0. The zero-order valence-corrected chi connectivity index (χ0v) is 14.5. The molecule has 27 heavy (non-hydrogen) atoms. The minimum Gasteiger partial charge on any atom is -0.398 e. The van der Waals surface area contributed by atoms with Crippen molar-refractivity contribution in [1.82, 2.24) is 5.32 Å². The Kier molecular flexibility index (Phi) is 5.47. The number of carbonyl (C=O) groups is 1. The summed E-state index contributed by atoms with van der Waals surface area (Å²) < 4.78 is 0. The van der Waals surface area contributed by atoms with Crippen molar-refractivity contribution in [3.63, 3.8) is 0 Å². The SMILES string of the molecule is Nc1cc([N+](=O)[O-])ccc1C(=O)NCC(c1ccccc1)c1ccccc1. The minimum absolute atomic E-state index is 0.0179. The number of amides is 1. The van der Waals surface area contributed by atoms with Crippen LogP contribution in [0, 0.1) is 10.1 Å². The van der Waals surface area contributed by atoms with E-state index in [1.165, 1.54) is 18.2 Å². The molecule has 0 atom stereocenters. The number of hydrogen-bond donors (Lipinski definition) is 2. The average Bonchev–Trinajstić information content (AvgIpc) is 2.69. The van der Waals surface area contributed by atoms with Crippen molar-refractivity contribution < 1.29 is 9.72 Å². The first kappa shape index (κ1) is 18.1. The second-order valence-electron chi connectivity index (χ2n) is 6.11. The molecule has 0 heterocycles. The highest BCUT2D eigenvalue weighted by molar-refractivity contribution is 5.99. The maximum absolute atomic E-state index is 12.6. The van der Waals surface area contributed by atoms with E-state index in [0.29, 0.717) is 6.54 Å². The first-order chi connectivity index (χ1) is 13.1. The van der Waals surface area contributed by atoms with Crippen LogP contribution in [-0.4, -0.2) is 17.4 Å². The number of nitro groups is 1. The van der Waals surface area contributed by atoms with Gasteiger partial charge in [-0.05, 0) is 17.2 Å². The lowest BCUT2D eigenvalue weighted by Crippen LogP contribution is -2.29. The minimum atomic E-state index is -0.543. The number of nitrogens with two attached hydrogens (primary N) is 1. The maximum atomic E-state index is 12.6. The van der Waals surface area contributed by atoms with Gasteiger partial charge in [-0.25, -0.2) is 0 Å². The number of nitrogen functional groups attached to an aromatic ring is 1. The Morgan fingerprint density at radius 1 is 0.963 bits per heavy atom. The van der Waals surface area contributed by atoms with Gasteiger partial charge in [0, 0.05) is 24.6 Å². The van der Waals surface area contributed by atoms with Crippen molar-refractivity contribution in [1.29, 1.82) is 0 Å². The lowest BCUT2D eigenvalue weighted by atomic mass is 9.91. The van der Waals surface area contributed by atoms with Crippen LogP contribution in [0.3, 0.4) is 0 Å². The number of anilines is 1. The summed E-state index contributed by atoms with van der Waals surface area (Å²) in [5.74, 6) is -0.380. The van der Waals surface area contributed by atoms with Crippen LogP contribution in [0.4, 0.5) is 11.4 Å². The largest absolute Gasteiger partial charge is 0.398 e. The fourth-order valence-electron chi connectivity index (χ4n) is 2.96. The zero-order chi connectivity index (χ0) is 19.2. The molecule has 0 spiro atoms. The van der Waals surface area contributed by atoms with Crippen molar-refractivity contribution >= 4 is 17.3 Å². The predicted molar refractivity (Wildman–Crippen MR) is 105 cm³/mol. The molecule has 6 nitrogen and oxygen atoms in total. The van der Waals surface area contributed by atoms with Crippen molar-refractivity contribution in [3.05, 3.63) is 106 Å². The van der Waals surface area contributed by atoms with Gasteiger partial charge in [-0.3, -0.25) is 14.9 Å². The van der Waals surface area contributed by atoms with Crippen molar-refractivity contribution in [2.24, 2.45) is 0 Å². The van der Waals surface area contributed by atoms with Gasteiger partial charge in [-0.15, -0.1) is 0 Å². The van der Waals surface area contributed by atoms with Crippen LogP contribution in [0.25, 0.3) is 0 Å². The van der Waals surface area contributed by atoms with Gasteiger partial charge >= 0.3 is 0 Å². The van der Waals surface area contributed by atoms with Crippen LogP contribution in [0.1, 0.15) is 27.4 Å². The van der Waals surface area contributed by atoms with Crippen molar-refractivity contribution in [2.45, 2.75) is 5.92 Å². The van der Waals surface area contributed by atoms with E-state index in [9.17, 15) is 14.9 Å². The Bertz CT molecular complexity index is 904. The van der Waals surface area contributed by atoms with Crippen LogP contribution in [0.5, 0.6) is 0 Å². The summed E-state index contributed by atoms with van der Waals surface area (Å²) in [6, 6.07) is 23.7. The Balaban J connectivity index is 1.80. The number of non-ortho nitro benzene ring substituents is 1. The molecule has 0 radical (unpaired) electrons. The van der Waals surface area contributed by atoms with Gasteiger partial charge < -0.3 is 11.1 Å². The van der Waals surface area contributed by atoms with Crippen LogP contribution in [-0.2, 0) is 0 Å². The molecular formula is C21H19N3O3. The van der Waals surface area contributed by atoms with E-state index in [0.717, 1.165) is 11.1 Å². The molecule has 0 aliphatic rings. The van der Waals surface area contributed by atoms with E-state index in [4.69, 9.17) is 5.73 Å². The Morgan fingerprint density at radius 2 is 1.52 bits per heavy atom. The van der Waals surface area contributed by atoms with E-state index in [1.54, 1.807) is 0 Å². The summed E-state index contributed by atoms with van der Waals surface area (Å²) in [6.45, 7) is 0.378. The third kappa shape index (κ3) is 4.30. The highest BCUT2D eigenvalue weighted by atomic mass is 16.6.